The summed E-state index contributed by atoms with van der Waals surface area (Å²) in [6, 6.07) is 23.1. The Morgan fingerprint density at radius 1 is 0.938 bits per heavy atom. The molecule has 7 nitrogen and oxygen atoms in total. The number of hydrogen-bond donors (Lipinski definition) is 3. The Hall–Kier alpha value is -3.56. The van der Waals surface area contributed by atoms with E-state index in [9.17, 15) is 4.79 Å². The van der Waals surface area contributed by atoms with Crippen molar-refractivity contribution in [1.29, 1.82) is 0 Å². The van der Waals surface area contributed by atoms with Crippen LogP contribution in [0.2, 0.25) is 0 Å². The van der Waals surface area contributed by atoms with Gasteiger partial charge >= 0.3 is 0 Å². The summed E-state index contributed by atoms with van der Waals surface area (Å²) in [4.78, 5) is 22.4. The van der Waals surface area contributed by atoms with E-state index in [1.165, 1.54) is 0 Å². The normalized spacial score (nSPS) is 11.0. The largest absolute Gasteiger partial charge is 0.331 e. The van der Waals surface area contributed by atoms with E-state index >= 15 is 0 Å². The van der Waals surface area contributed by atoms with Crippen LogP contribution in [0.3, 0.4) is 0 Å². The number of rotatable bonds is 3. The van der Waals surface area contributed by atoms with E-state index in [-0.39, 0.29) is 12.5 Å². The minimum Gasteiger partial charge on any atom is -0.331 e. The van der Waals surface area contributed by atoms with Crippen molar-refractivity contribution in [2.45, 2.75) is 6.54 Å². The van der Waals surface area contributed by atoms with Gasteiger partial charge < -0.3 is 9.88 Å². The van der Waals surface area contributed by atoms with Crippen LogP contribution in [-0.2, 0) is 11.3 Å². The molecule has 0 radical (unpaired) electrons. The number of thiocarbonyl (C=S) groups is 1. The van der Waals surface area contributed by atoms with Crippen molar-refractivity contribution in [1.82, 2.24) is 25.4 Å². The predicted molar refractivity (Wildman–Crippen MR) is 134 cm³/mol. The number of para-hydroxylation sites is 3. The molecule has 0 atom stereocenters. The van der Waals surface area contributed by atoms with Crippen LogP contribution in [0.15, 0.2) is 77.3 Å². The summed E-state index contributed by atoms with van der Waals surface area (Å²) < 4.78 is 2.80. The molecule has 5 aromatic rings. The van der Waals surface area contributed by atoms with Crippen LogP contribution in [0.4, 0.5) is 5.69 Å². The van der Waals surface area contributed by atoms with Crippen LogP contribution < -0.4 is 16.2 Å². The van der Waals surface area contributed by atoms with Crippen LogP contribution in [0.25, 0.3) is 33.1 Å². The molecular weight excluding hydrogens is 488 g/mol. The fourth-order valence-electron chi connectivity index (χ4n) is 3.56. The molecule has 1 amide bonds. The average molecular weight is 505 g/mol. The van der Waals surface area contributed by atoms with Gasteiger partial charge in [-0.2, -0.15) is 0 Å². The van der Waals surface area contributed by atoms with E-state index in [1.54, 1.807) is 0 Å². The topological polar surface area (TPSA) is 83.9 Å². The van der Waals surface area contributed by atoms with Crippen LogP contribution in [0.1, 0.15) is 0 Å². The van der Waals surface area contributed by atoms with Crippen molar-refractivity contribution in [2.24, 2.45) is 0 Å². The molecule has 0 saturated carbocycles. The first-order valence-corrected chi connectivity index (χ1v) is 11.0. The van der Waals surface area contributed by atoms with Crippen LogP contribution in [0.5, 0.6) is 0 Å². The van der Waals surface area contributed by atoms with Gasteiger partial charge in [0, 0.05) is 15.5 Å². The molecule has 0 aliphatic carbocycles. The number of amides is 1. The summed E-state index contributed by atoms with van der Waals surface area (Å²) in [5.41, 5.74) is 10.1. The maximum absolute atomic E-state index is 12.7. The molecule has 32 heavy (non-hydrogen) atoms. The van der Waals surface area contributed by atoms with Gasteiger partial charge in [-0.15, -0.1) is 0 Å². The van der Waals surface area contributed by atoms with Crippen molar-refractivity contribution in [3.63, 3.8) is 0 Å². The highest BCUT2D eigenvalue weighted by molar-refractivity contribution is 9.10. The molecule has 2 heterocycles. The van der Waals surface area contributed by atoms with Crippen LogP contribution >= 0.6 is 28.1 Å². The number of nitrogens with one attached hydrogen (secondary N) is 3. The molecule has 2 aromatic heterocycles. The summed E-state index contributed by atoms with van der Waals surface area (Å²) in [7, 11) is 0. The summed E-state index contributed by atoms with van der Waals surface area (Å²) >= 11 is 8.78. The Kier molecular flexibility index (Phi) is 5.42. The molecule has 0 saturated heterocycles. The first kappa shape index (κ1) is 20.3. The Morgan fingerprint density at radius 2 is 1.66 bits per heavy atom. The van der Waals surface area contributed by atoms with Gasteiger partial charge in [-0.1, -0.05) is 46.3 Å². The quantitative estimate of drug-likeness (QED) is 0.247. The molecule has 5 rings (SSSR count). The lowest BCUT2D eigenvalue weighted by Gasteiger charge is -2.12. The minimum atomic E-state index is -0.265. The fraction of sp³-hybridized carbons (Fsp3) is 0.0435. The average Bonchev–Trinajstić information content (AvgIpc) is 3.08. The monoisotopic (exact) mass is 504 g/mol. The third-order valence-electron chi connectivity index (χ3n) is 4.96. The Labute approximate surface area is 196 Å². The number of carbonyl (C=O) groups excluding carboxylic acids is 1. The minimum absolute atomic E-state index is 0.0512. The number of hydrazine groups is 1. The van der Waals surface area contributed by atoms with Crippen molar-refractivity contribution in [3.8, 4) is 0 Å². The van der Waals surface area contributed by atoms with Gasteiger partial charge in [0.05, 0.1) is 16.6 Å². The maximum Gasteiger partial charge on any atom is 0.258 e. The molecule has 0 fully saturated rings. The third kappa shape index (κ3) is 4.00. The van der Waals surface area contributed by atoms with E-state index in [1.807, 2.05) is 77.4 Å². The number of hydrogen-bond acceptors (Lipinski definition) is 4. The molecule has 0 bridgehead atoms. The Bertz CT molecular complexity index is 1480. The zero-order valence-corrected chi connectivity index (χ0v) is 19.1. The summed E-state index contributed by atoms with van der Waals surface area (Å²) in [5.74, 6) is -0.265. The Balaban J connectivity index is 1.43. The highest BCUT2D eigenvalue weighted by atomic mass is 79.9. The predicted octanol–water partition coefficient (Wildman–Crippen LogP) is 4.52. The lowest BCUT2D eigenvalue weighted by molar-refractivity contribution is -0.122. The summed E-state index contributed by atoms with van der Waals surface area (Å²) in [6.07, 6.45) is 0. The molecule has 0 aliphatic heterocycles. The lowest BCUT2D eigenvalue weighted by Crippen LogP contribution is -2.45. The van der Waals surface area contributed by atoms with Crippen molar-refractivity contribution in [3.05, 3.63) is 77.3 Å². The zero-order valence-electron chi connectivity index (χ0n) is 16.7. The van der Waals surface area contributed by atoms with E-state index in [0.29, 0.717) is 10.8 Å². The van der Waals surface area contributed by atoms with Gasteiger partial charge in [-0.3, -0.25) is 15.6 Å². The fourth-order valence-corrected chi connectivity index (χ4v) is 4.09. The number of aromatic nitrogens is 3. The lowest BCUT2D eigenvalue weighted by atomic mass is 10.2. The first-order valence-electron chi connectivity index (χ1n) is 9.83. The molecule has 3 N–H and O–H groups in total. The van der Waals surface area contributed by atoms with Crippen molar-refractivity contribution < 1.29 is 4.79 Å². The van der Waals surface area contributed by atoms with E-state index in [4.69, 9.17) is 22.2 Å². The molecule has 0 unspecified atom stereocenters. The first-order chi connectivity index (χ1) is 15.6. The van der Waals surface area contributed by atoms with Gasteiger partial charge in [0.15, 0.2) is 10.8 Å². The van der Waals surface area contributed by atoms with Gasteiger partial charge in [0.2, 0.25) is 0 Å². The number of carbonyl (C=O) groups is 1. The summed E-state index contributed by atoms with van der Waals surface area (Å²) in [5, 5.41) is 4.23. The molecule has 0 spiro atoms. The maximum atomic E-state index is 12.7. The molecule has 3 aromatic carbocycles. The molecular formula is C23H17BrN6OS. The van der Waals surface area contributed by atoms with Gasteiger partial charge in [0.1, 0.15) is 12.1 Å². The number of anilines is 1. The van der Waals surface area contributed by atoms with Gasteiger partial charge in [0.25, 0.3) is 5.91 Å². The number of benzene rings is 3. The van der Waals surface area contributed by atoms with Gasteiger partial charge in [-0.25, -0.2) is 9.97 Å². The van der Waals surface area contributed by atoms with E-state index < -0.39 is 0 Å². The zero-order chi connectivity index (χ0) is 22.1. The second-order valence-corrected chi connectivity index (χ2v) is 8.45. The highest BCUT2D eigenvalue weighted by Gasteiger charge is 2.17. The second kappa shape index (κ2) is 8.52. The smallest absolute Gasteiger partial charge is 0.258 e. The van der Waals surface area contributed by atoms with Gasteiger partial charge in [-0.05, 0) is 54.7 Å². The Morgan fingerprint density at radius 3 is 2.44 bits per heavy atom. The molecule has 9 heteroatoms. The SMILES string of the molecule is O=C(Cn1c2ccc(Br)cc2c2nc3ccccc3nc21)NNC(=S)Nc1ccccc1. The molecule has 158 valence electrons. The summed E-state index contributed by atoms with van der Waals surface area (Å²) in [6.45, 7) is 0.0512. The number of halogens is 1. The van der Waals surface area contributed by atoms with Crippen LogP contribution in [-0.4, -0.2) is 25.6 Å². The van der Waals surface area contributed by atoms with Crippen LogP contribution in [0, 0.1) is 0 Å². The third-order valence-corrected chi connectivity index (χ3v) is 5.66. The standard InChI is InChI=1S/C23H17BrN6OS/c24-14-10-11-19-16(12-14)21-22(27-18-9-5-4-8-17(18)26-21)30(19)13-20(31)28-29-23(32)25-15-6-2-1-3-7-15/h1-12H,13H2,(H,28,31)(H2,25,29,32). The second-order valence-electron chi connectivity index (χ2n) is 7.13. The van der Waals surface area contributed by atoms with Crippen molar-refractivity contribution >= 4 is 78.0 Å². The molecule has 0 aliphatic rings. The number of fused-ring (bicyclic) bond motifs is 4. The van der Waals surface area contributed by atoms with E-state index in [2.05, 4.69) is 32.1 Å². The highest BCUT2D eigenvalue weighted by Crippen LogP contribution is 2.30. The number of nitrogens with zero attached hydrogens (tertiary/aromatic N) is 3. The van der Waals surface area contributed by atoms with E-state index in [0.717, 1.165) is 37.6 Å². The van der Waals surface area contributed by atoms with Crippen molar-refractivity contribution in [2.75, 3.05) is 5.32 Å².